The lowest BCUT2D eigenvalue weighted by Gasteiger charge is -2.34. The standard InChI is InChI=1S/C16H32N4O2/c1-5-17-16(18-10-7-15(21)19-13(3)4)20-11-8-14(9-12-20)22-6-2/h13-14H,5-12H2,1-4H3,(H,17,18)(H,19,21). The molecule has 128 valence electrons. The van der Waals surface area contributed by atoms with Crippen LogP contribution in [0.2, 0.25) is 0 Å². The van der Waals surface area contributed by atoms with E-state index in [9.17, 15) is 4.79 Å². The van der Waals surface area contributed by atoms with Crippen molar-refractivity contribution in [2.75, 3.05) is 32.8 Å². The van der Waals surface area contributed by atoms with Gasteiger partial charge in [-0.2, -0.15) is 0 Å². The third-order valence-corrected chi connectivity index (χ3v) is 3.53. The predicted molar refractivity (Wildman–Crippen MR) is 90.1 cm³/mol. The van der Waals surface area contributed by atoms with Crippen LogP contribution >= 0.6 is 0 Å². The molecule has 1 fully saturated rings. The second-order valence-electron chi connectivity index (χ2n) is 5.85. The maximum atomic E-state index is 11.7. The third kappa shape index (κ3) is 7.11. The normalized spacial score (nSPS) is 17.0. The minimum atomic E-state index is 0.0599. The number of nitrogens with zero attached hydrogens (tertiary/aromatic N) is 2. The van der Waals surface area contributed by atoms with Crippen LogP contribution in [0.5, 0.6) is 0 Å². The van der Waals surface area contributed by atoms with Gasteiger partial charge in [0.1, 0.15) is 0 Å². The fourth-order valence-electron chi connectivity index (χ4n) is 2.55. The van der Waals surface area contributed by atoms with Gasteiger partial charge in [0.05, 0.1) is 12.6 Å². The van der Waals surface area contributed by atoms with Crippen molar-refractivity contribution in [3.63, 3.8) is 0 Å². The average molecular weight is 312 g/mol. The van der Waals surface area contributed by atoms with E-state index in [-0.39, 0.29) is 11.9 Å². The van der Waals surface area contributed by atoms with Gasteiger partial charge >= 0.3 is 0 Å². The Labute approximate surface area is 134 Å². The van der Waals surface area contributed by atoms with Gasteiger partial charge in [-0.05, 0) is 40.5 Å². The van der Waals surface area contributed by atoms with E-state index in [1.54, 1.807) is 0 Å². The highest BCUT2D eigenvalue weighted by Gasteiger charge is 2.21. The zero-order valence-electron chi connectivity index (χ0n) is 14.5. The Morgan fingerprint density at radius 1 is 1.32 bits per heavy atom. The zero-order valence-corrected chi connectivity index (χ0v) is 14.5. The summed E-state index contributed by atoms with van der Waals surface area (Å²) in [5, 5.41) is 6.21. The lowest BCUT2D eigenvalue weighted by Crippen LogP contribution is -2.47. The molecule has 0 aromatic rings. The number of carbonyl (C=O) groups is 1. The van der Waals surface area contributed by atoms with Crippen molar-refractivity contribution in [1.29, 1.82) is 0 Å². The molecule has 0 aromatic heterocycles. The molecule has 0 atom stereocenters. The number of piperidine rings is 1. The zero-order chi connectivity index (χ0) is 16.4. The van der Waals surface area contributed by atoms with E-state index >= 15 is 0 Å². The molecule has 2 N–H and O–H groups in total. The van der Waals surface area contributed by atoms with E-state index in [2.05, 4.69) is 27.4 Å². The molecule has 6 heteroatoms. The van der Waals surface area contributed by atoms with Crippen molar-refractivity contribution in [1.82, 2.24) is 15.5 Å². The summed E-state index contributed by atoms with van der Waals surface area (Å²) in [5.41, 5.74) is 0. The van der Waals surface area contributed by atoms with Gasteiger partial charge in [-0.1, -0.05) is 0 Å². The highest BCUT2D eigenvalue weighted by atomic mass is 16.5. The molecule has 1 amide bonds. The molecule has 0 unspecified atom stereocenters. The van der Waals surface area contributed by atoms with Gasteiger partial charge in [-0.25, -0.2) is 0 Å². The molecular weight excluding hydrogens is 280 g/mol. The molecule has 1 aliphatic heterocycles. The molecule has 0 aliphatic carbocycles. The topological polar surface area (TPSA) is 66.0 Å². The molecule has 1 saturated heterocycles. The molecule has 1 rings (SSSR count). The molecule has 1 heterocycles. The van der Waals surface area contributed by atoms with Crippen LogP contribution in [0, 0.1) is 0 Å². The van der Waals surface area contributed by atoms with Crippen LogP contribution in [0.25, 0.3) is 0 Å². The van der Waals surface area contributed by atoms with E-state index in [0.29, 0.717) is 19.1 Å². The number of carbonyl (C=O) groups excluding carboxylic acids is 1. The number of rotatable bonds is 7. The number of hydrogen-bond donors (Lipinski definition) is 2. The first kappa shape index (κ1) is 18.7. The maximum Gasteiger partial charge on any atom is 0.222 e. The summed E-state index contributed by atoms with van der Waals surface area (Å²) in [4.78, 5) is 18.5. The molecule has 6 nitrogen and oxygen atoms in total. The van der Waals surface area contributed by atoms with Crippen molar-refractivity contribution in [2.45, 2.75) is 59.1 Å². The smallest absolute Gasteiger partial charge is 0.222 e. The average Bonchev–Trinajstić information content (AvgIpc) is 2.47. The van der Waals surface area contributed by atoms with Crippen molar-refractivity contribution in [3.05, 3.63) is 0 Å². The Kier molecular flexibility index (Phi) is 8.89. The minimum absolute atomic E-state index is 0.0599. The fraction of sp³-hybridized carbons (Fsp3) is 0.875. The van der Waals surface area contributed by atoms with Gasteiger partial charge in [0, 0.05) is 38.7 Å². The summed E-state index contributed by atoms with van der Waals surface area (Å²) in [7, 11) is 0. The van der Waals surface area contributed by atoms with Crippen LogP contribution in [-0.4, -0.2) is 61.7 Å². The number of likely N-dealkylation sites (tertiary alicyclic amines) is 1. The third-order valence-electron chi connectivity index (χ3n) is 3.53. The number of amides is 1. The Morgan fingerprint density at radius 3 is 2.55 bits per heavy atom. The van der Waals surface area contributed by atoms with Crippen molar-refractivity contribution >= 4 is 11.9 Å². The number of nitrogens with one attached hydrogen (secondary N) is 2. The number of ether oxygens (including phenoxy) is 1. The summed E-state index contributed by atoms with van der Waals surface area (Å²) >= 11 is 0. The summed E-state index contributed by atoms with van der Waals surface area (Å²) in [6, 6.07) is 0.183. The van der Waals surface area contributed by atoms with Gasteiger partial charge in [-0.3, -0.25) is 9.79 Å². The minimum Gasteiger partial charge on any atom is -0.378 e. The van der Waals surface area contributed by atoms with Gasteiger partial charge in [0.15, 0.2) is 5.96 Å². The Hall–Kier alpha value is -1.30. The van der Waals surface area contributed by atoms with Crippen molar-refractivity contribution in [2.24, 2.45) is 4.99 Å². The van der Waals surface area contributed by atoms with Crippen LogP contribution < -0.4 is 10.6 Å². The molecule has 0 spiro atoms. The van der Waals surface area contributed by atoms with Crippen molar-refractivity contribution in [3.8, 4) is 0 Å². The molecular formula is C16H32N4O2. The molecule has 1 aliphatic rings. The quantitative estimate of drug-likeness (QED) is 0.550. The van der Waals surface area contributed by atoms with Crippen LogP contribution in [0.4, 0.5) is 0 Å². The van der Waals surface area contributed by atoms with E-state index in [4.69, 9.17) is 4.74 Å². The number of aliphatic imine (C=N–C) groups is 1. The fourth-order valence-corrected chi connectivity index (χ4v) is 2.55. The Balaban J connectivity index is 2.44. The van der Waals surface area contributed by atoms with Gasteiger partial charge in [-0.15, -0.1) is 0 Å². The second-order valence-corrected chi connectivity index (χ2v) is 5.85. The SMILES string of the molecule is CCNC(=NCCC(=O)NC(C)C)N1CCC(OCC)CC1. The van der Waals surface area contributed by atoms with Crippen LogP contribution in [0.15, 0.2) is 4.99 Å². The maximum absolute atomic E-state index is 11.7. The summed E-state index contributed by atoms with van der Waals surface area (Å²) in [6.07, 6.45) is 2.88. The first-order valence-corrected chi connectivity index (χ1v) is 8.51. The van der Waals surface area contributed by atoms with E-state index in [1.807, 2.05) is 20.8 Å². The Morgan fingerprint density at radius 2 is 2.00 bits per heavy atom. The largest absolute Gasteiger partial charge is 0.378 e. The van der Waals surface area contributed by atoms with Crippen LogP contribution in [0.1, 0.15) is 47.0 Å². The monoisotopic (exact) mass is 312 g/mol. The van der Waals surface area contributed by atoms with Gasteiger partial charge in [0.25, 0.3) is 0 Å². The highest BCUT2D eigenvalue weighted by Crippen LogP contribution is 2.13. The summed E-state index contributed by atoms with van der Waals surface area (Å²) in [5.74, 6) is 0.972. The second kappa shape index (κ2) is 10.4. The van der Waals surface area contributed by atoms with E-state index in [1.165, 1.54) is 0 Å². The highest BCUT2D eigenvalue weighted by molar-refractivity contribution is 5.81. The van der Waals surface area contributed by atoms with Gasteiger partial charge < -0.3 is 20.3 Å². The van der Waals surface area contributed by atoms with Crippen molar-refractivity contribution < 1.29 is 9.53 Å². The molecule has 22 heavy (non-hydrogen) atoms. The van der Waals surface area contributed by atoms with E-state index < -0.39 is 0 Å². The molecule has 0 bridgehead atoms. The summed E-state index contributed by atoms with van der Waals surface area (Å²) in [6.45, 7) is 12.1. The van der Waals surface area contributed by atoms with Crippen LogP contribution in [-0.2, 0) is 9.53 Å². The predicted octanol–water partition coefficient (Wildman–Crippen LogP) is 1.37. The number of hydrogen-bond acceptors (Lipinski definition) is 3. The van der Waals surface area contributed by atoms with Gasteiger partial charge in [0.2, 0.25) is 5.91 Å². The lowest BCUT2D eigenvalue weighted by molar-refractivity contribution is -0.121. The molecule has 0 saturated carbocycles. The molecule has 0 radical (unpaired) electrons. The van der Waals surface area contributed by atoms with E-state index in [0.717, 1.165) is 45.0 Å². The molecule has 0 aromatic carbocycles. The Bertz CT molecular complexity index is 350. The first-order valence-electron chi connectivity index (χ1n) is 8.51. The first-order chi connectivity index (χ1) is 10.6. The van der Waals surface area contributed by atoms with Crippen LogP contribution in [0.3, 0.4) is 0 Å². The summed E-state index contributed by atoms with van der Waals surface area (Å²) < 4.78 is 5.68. The lowest BCUT2D eigenvalue weighted by atomic mass is 10.1. The number of guanidine groups is 1.